The maximum atomic E-state index is 13.7. The molecule has 3 aromatic rings. The van der Waals surface area contributed by atoms with Crippen molar-refractivity contribution in [2.24, 2.45) is 5.92 Å². The van der Waals surface area contributed by atoms with Crippen LogP contribution >= 0.6 is 11.6 Å². The number of hydrogen-bond donors (Lipinski definition) is 3. The van der Waals surface area contributed by atoms with Gasteiger partial charge in [0.2, 0.25) is 0 Å². The number of rotatable bonds is 5. The summed E-state index contributed by atoms with van der Waals surface area (Å²) in [5.41, 5.74) is 6.40. The number of halogens is 1. The summed E-state index contributed by atoms with van der Waals surface area (Å²) in [4.78, 5) is 26.8. The number of nitrogens with two attached hydrogens (primary N) is 1. The number of nitrogens with one attached hydrogen (secondary N) is 2. The van der Waals surface area contributed by atoms with Crippen molar-refractivity contribution in [3.63, 3.8) is 0 Å². The zero-order valence-electron chi connectivity index (χ0n) is 17.3. The van der Waals surface area contributed by atoms with Crippen molar-refractivity contribution < 1.29 is 0 Å². The van der Waals surface area contributed by atoms with Crippen molar-refractivity contribution in [3.05, 3.63) is 51.3 Å². The number of benzene rings is 1. The summed E-state index contributed by atoms with van der Waals surface area (Å²) < 4.78 is 1.65. The maximum absolute atomic E-state index is 13.7. The first-order chi connectivity index (χ1) is 15.6. The molecule has 1 aromatic carbocycles. The van der Waals surface area contributed by atoms with Crippen LogP contribution in [0.4, 0.5) is 11.6 Å². The molecule has 1 saturated heterocycles. The fourth-order valence-electron chi connectivity index (χ4n) is 4.11. The summed E-state index contributed by atoms with van der Waals surface area (Å²) in [7, 11) is 0. The zero-order chi connectivity index (χ0) is 22.2. The van der Waals surface area contributed by atoms with Crippen LogP contribution in [0.3, 0.4) is 0 Å². The van der Waals surface area contributed by atoms with E-state index >= 15 is 0 Å². The Bertz CT molecular complexity index is 1270. The minimum Gasteiger partial charge on any atom is -0.382 e. The Kier molecular flexibility index (Phi) is 5.28. The molecular formula is C21H22ClN9O. The van der Waals surface area contributed by atoms with Crippen molar-refractivity contribution in [1.82, 2.24) is 24.9 Å². The van der Waals surface area contributed by atoms with Gasteiger partial charge in [0.15, 0.2) is 5.82 Å². The normalized spacial score (nSPS) is 17.2. The lowest BCUT2D eigenvalue weighted by molar-refractivity contribution is 0.450. The van der Waals surface area contributed by atoms with E-state index in [1.54, 1.807) is 22.9 Å². The van der Waals surface area contributed by atoms with Crippen LogP contribution in [0.1, 0.15) is 30.3 Å². The fraction of sp³-hybridized carbons (Fsp3) is 0.381. The summed E-state index contributed by atoms with van der Waals surface area (Å²) >= 11 is 6.40. The van der Waals surface area contributed by atoms with Gasteiger partial charge >= 0.3 is 0 Å². The van der Waals surface area contributed by atoms with Crippen LogP contribution in [0, 0.1) is 17.2 Å². The van der Waals surface area contributed by atoms with Crippen molar-refractivity contribution in [2.45, 2.75) is 18.9 Å². The summed E-state index contributed by atoms with van der Waals surface area (Å²) in [6.45, 7) is 2.83. The highest BCUT2D eigenvalue weighted by atomic mass is 35.5. The first-order valence-electron chi connectivity index (χ1n) is 10.5. The molecule has 1 saturated carbocycles. The molecular weight excluding hydrogens is 430 g/mol. The number of hydrogen-bond acceptors (Lipinski definition) is 9. The summed E-state index contributed by atoms with van der Waals surface area (Å²) in [5.74, 6) is 1.27. The molecule has 2 aliphatic rings. The monoisotopic (exact) mass is 451 g/mol. The van der Waals surface area contributed by atoms with Gasteiger partial charge in [-0.3, -0.25) is 4.79 Å². The van der Waals surface area contributed by atoms with E-state index in [9.17, 15) is 10.1 Å². The van der Waals surface area contributed by atoms with Crippen LogP contribution in [0.5, 0.6) is 0 Å². The zero-order valence-corrected chi connectivity index (χ0v) is 18.0. The average molecular weight is 452 g/mol. The van der Waals surface area contributed by atoms with E-state index in [0.717, 1.165) is 25.9 Å². The molecule has 0 spiro atoms. The molecule has 0 amide bonds. The lowest BCUT2D eigenvalue weighted by Gasteiger charge is -2.34. The standard InChI is InChI=1S/C21H22ClN9O/c22-14-2-1-3-15-16(14)21(32)31(30-8-6-25-7-9-30)20(28-15)17(12-4-5-12)29-19-13(10-23)18(24)26-11-27-19/h1-3,11-12,17,25H,4-9H2,(H3,24,26,27,29). The van der Waals surface area contributed by atoms with Gasteiger partial charge in [-0.1, -0.05) is 17.7 Å². The van der Waals surface area contributed by atoms with Crippen LogP contribution in [0.25, 0.3) is 10.9 Å². The molecule has 0 radical (unpaired) electrons. The molecule has 5 rings (SSSR count). The maximum Gasteiger partial charge on any atom is 0.281 e. The largest absolute Gasteiger partial charge is 0.382 e. The van der Waals surface area contributed by atoms with Gasteiger partial charge in [-0.25, -0.2) is 19.6 Å². The molecule has 10 nitrogen and oxygen atoms in total. The summed E-state index contributed by atoms with van der Waals surface area (Å²) in [6.07, 6.45) is 3.27. The molecule has 164 valence electrons. The van der Waals surface area contributed by atoms with Crippen LogP contribution in [-0.2, 0) is 0 Å². The first kappa shape index (κ1) is 20.5. The fourth-order valence-corrected chi connectivity index (χ4v) is 4.37. The van der Waals surface area contributed by atoms with Crippen molar-refractivity contribution in [2.75, 3.05) is 42.2 Å². The molecule has 32 heavy (non-hydrogen) atoms. The lowest BCUT2D eigenvalue weighted by Crippen LogP contribution is -2.54. The van der Waals surface area contributed by atoms with Gasteiger partial charge in [0.05, 0.1) is 22.0 Å². The van der Waals surface area contributed by atoms with Crippen LogP contribution in [0.2, 0.25) is 5.02 Å². The van der Waals surface area contributed by atoms with Crippen molar-refractivity contribution in [3.8, 4) is 6.07 Å². The average Bonchev–Trinajstić information content (AvgIpc) is 3.63. The van der Waals surface area contributed by atoms with Crippen LogP contribution < -0.4 is 26.9 Å². The molecule has 0 bridgehead atoms. The second-order valence-electron chi connectivity index (χ2n) is 7.98. The Hall–Kier alpha value is -3.42. The Morgan fingerprint density at radius 1 is 1.28 bits per heavy atom. The third-order valence-electron chi connectivity index (χ3n) is 5.88. The van der Waals surface area contributed by atoms with Gasteiger partial charge in [-0.05, 0) is 30.9 Å². The summed E-state index contributed by atoms with van der Waals surface area (Å²) in [5, 5.41) is 19.0. The Morgan fingerprint density at radius 3 is 2.78 bits per heavy atom. The minimum atomic E-state index is -0.331. The van der Waals surface area contributed by atoms with Gasteiger partial charge in [-0.2, -0.15) is 5.26 Å². The van der Waals surface area contributed by atoms with E-state index in [1.165, 1.54) is 6.33 Å². The molecule has 1 atom stereocenters. The molecule has 3 heterocycles. The van der Waals surface area contributed by atoms with Gasteiger partial charge in [0.25, 0.3) is 5.56 Å². The third kappa shape index (κ3) is 3.59. The number of piperazine rings is 1. The van der Waals surface area contributed by atoms with Gasteiger partial charge in [-0.15, -0.1) is 0 Å². The van der Waals surface area contributed by atoms with Gasteiger partial charge in [0.1, 0.15) is 29.6 Å². The predicted octanol–water partition coefficient (Wildman–Crippen LogP) is 1.40. The lowest BCUT2D eigenvalue weighted by atomic mass is 10.1. The quantitative estimate of drug-likeness (QED) is 0.525. The number of fused-ring (bicyclic) bond motifs is 1. The molecule has 11 heteroatoms. The molecule has 2 aromatic heterocycles. The second kappa shape index (κ2) is 8.26. The SMILES string of the molecule is N#Cc1c(N)ncnc1NC(c1nc2cccc(Cl)c2c(=O)n1N1CCNCC1)C1CC1. The van der Waals surface area contributed by atoms with Crippen LogP contribution in [0.15, 0.2) is 29.3 Å². The highest BCUT2D eigenvalue weighted by Gasteiger charge is 2.37. The van der Waals surface area contributed by atoms with E-state index in [0.29, 0.717) is 40.7 Å². The first-order valence-corrected chi connectivity index (χ1v) is 10.9. The Labute approximate surface area is 189 Å². The van der Waals surface area contributed by atoms with E-state index in [4.69, 9.17) is 22.3 Å². The van der Waals surface area contributed by atoms with E-state index < -0.39 is 0 Å². The molecule has 2 fully saturated rings. The topological polar surface area (TPSA) is 138 Å². The summed E-state index contributed by atoms with van der Waals surface area (Å²) in [6, 6.07) is 7.02. The second-order valence-corrected chi connectivity index (χ2v) is 8.39. The smallest absolute Gasteiger partial charge is 0.281 e. The molecule has 1 unspecified atom stereocenters. The Morgan fingerprint density at radius 2 is 2.06 bits per heavy atom. The molecule has 1 aliphatic heterocycles. The van der Waals surface area contributed by atoms with Crippen LogP contribution in [-0.4, -0.2) is 45.8 Å². The Balaban J connectivity index is 1.69. The molecule has 4 N–H and O–H groups in total. The highest BCUT2D eigenvalue weighted by molar-refractivity contribution is 6.35. The number of nitrogens with zero attached hydrogens (tertiary/aromatic N) is 6. The van der Waals surface area contributed by atoms with Crippen molar-refractivity contribution in [1.29, 1.82) is 5.26 Å². The number of nitriles is 1. The van der Waals surface area contributed by atoms with Crippen molar-refractivity contribution >= 4 is 34.1 Å². The highest BCUT2D eigenvalue weighted by Crippen LogP contribution is 2.42. The number of anilines is 2. The number of aromatic nitrogens is 4. The van der Waals surface area contributed by atoms with E-state index in [-0.39, 0.29) is 28.9 Å². The number of nitrogen functional groups attached to an aromatic ring is 1. The molecule has 1 aliphatic carbocycles. The predicted molar refractivity (Wildman–Crippen MR) is 122 cm³/mol. The van der Waals surface area contributed by atoms with E-state index in [1.807, 2.05) is 5.01 Å². The van der Waals surface area contributed by atoms with E-state index in [2.05, 4.69) is 26.7 Å². The third-order valence-corrected chi connectivity index (χ3v) is 6.19. The minimum absolute atomic E-state index is 0.109. The van der Waals surface area contributed by atoms with Gasteiger partial charge < -0.3 is 21.4 Å². The van der Waals surface area contributed by atoms with Gasteiger partial charge in [0, 0.05) is 26.2 Å².